The summed E-state index contributed by atoms with van der Waals surface area (Å²) >= 11 is 0. The summed E-state index contributed by atoms with van der Waals surface area (Å²) in [6, 6.07) is 0. The third-order valence-corrected chi connectivity index (χ3v) is 3.42. The molecule has 1 unspecified atom stereocenters. The molecule has 128 valence electrons. The number of carbonyl (C=O) groups is 1. The smallest absolute Gasteiger partial charge is 0.243 e. The zero-order valence-corrected chi connectivity index (χ0v) is 14.1. The van der Waals surface area contributed by atoms with Gasteiger partial charge in [-0.05, 0) is 19.8 Å². The Kier molecular flexibility index (Phi) is 9.57. The topological polar surface area (TPSA) is 75.2 Å². The molecule has 1 aliphatic rings. The first-order valence-corrected chi connectivity index (χ1v) is 8.01. The van der Waals surface area contributed by atoms with Crippen molar-refractivity contribution in [1.82, 2.24) is 15.5 Å². The largest absolute Gasteiger partial charge is 0.382 e. The van der Waals surface area contributed by atoms with E-state index in [4.69, 9.17) is 9.47 Å². The molecule has 0 aromatic rings. The number of nitrogens with zero attached hydrogens (tertiary/aromatic N) is 2. The molecule has 0 radical (unpaired) electrons. The van der Waals surface area contributed by atoms with Crippen LogP contribution in [0.3, 0.4) is 0 Å². The maximum Gasteiger partial charge on any atom is 0.243 e. The maximum absolute atomic E-state index is 11.6. The molecule has 1 fully saturated rings. The van der Waals surface area contributed by atoms with E-state index >= 15 is 0 Å². The number of likely N-dealkylation sites (N-methyl/N-ethyl adjacent to an activating group) is 1. The number of ether oxygens (including phenoxy) is 2. The van der Waals surface area contributed by atoms with Crippen molar-refractivity contribution in [3.05, 3.63) is 0 Å². The summed E-state index contributed by atoms with van der Waals surface area (Å²) in [7, 11) is 3.46. The molecule has 0 aliphatic carbocycles. The van der Waals surface area contributed by atoms with E-state index in [1.807, 2.05) is 6.92 Å². The minimum absolute atomic E-state index is 0.0142. The second kappa shape index (κ2) is 11.3. The van der Waals surface area contributed by atoms with Crippen molar-refractivity contribution in [3.63, 3.8) is 0 Å². The first-order chi connectivity index (χ1) is 10.6. The van der Waals surface area contributed by atoms with Crippen molar-refractivity contribution < 1.29 is 14.3 Å². The monoisotopic (exact) mass is 314 g/mol. The number of guanidine groups is 1. The lowest BCUT2D eigenvalue weighted by molar-refractivity contribution is -0.127. The highest BCUT2D eigenvalue weighted by Gasteiger charge is 2.15. The van der Waals surface area contributed by atoms with Gasteiger partial charge in [-0.3, -0.25) is 4.79 Å². The van der Waals surface area contributed by atoms with E-state index in [1.54, 1.807) is 19.0 Å². The van der Waals surface area contributed by atoms with E-state index in [2.05, 4.69) is 15.6 Å². The van der Waals surface area contributed by atoms with Crippen LogP contribution in [0, 0.1) is 5.92 Å². The van der Waals surface area contributed by atoms with Gasteiger partial charge >= 0.3 is 0 Å². The Labute approximate surface area is 133 Å². The molecular formula is C15H30N4O3. The van der Waals surface area contributed by atoms with Crippen LogP contribution in [0.5, 0.6) is 0 Å². The van der Waals surface area contributed by atoms with Gasteiger partial charge in [-0.2, -0.15) is 0 Å². The van der Waals surface area contributed by atoms with Gasteiger partial charge in [0.05, 0.1) is 6.61 Å². The van der Waals surface area contributed by atoms with Gasteiger partial charge in [-0.15, -0.1) is 0 Å². The summed E-state index contributed by atoms with van der Waals surface area (Å²) in [5.41, 5.74) is 0. The zero-order valence-electron chi connectivity index (χ0n) is 14.1. The predicted octanol–water partition coefficient (Wildman–Crippen LogP) is 0.0729. The van der Waals surface area contributed by atoms with Gasteiger partial charge in [0, 0.05) is 52.9 Å². The minimum Gasteiger partial charge on any atom is -0.382 e. The Bertz CT molecular complexity index is 342. The normalized spacial score (nSPS) is 18.3. The summed E-state index contributed by atoms with van der Waals surface area (Å²) in [5.74, 6) is 1.18. The fourth-order valence-corrected chi connectivity index (χ4v) is 1.97. The van der Waals surface area contributed by atoms with E-state index in [9.17, 15) is 4.79 Å². The average Bonchev–Trinajstić information content (AvgIpc) is 3.01. The lowest BCUT2D eigenvalue weighted by Crippen LogP contribution is -2.41. The molecule has 1 amide bonds. The van der Waals surface area contributed by atoms with Gasteiger partial charge in [-0.1, -0.05) is 0 Å². The number of aliphatic imine (C=N–C) groups is 1. The Balaban J connectivity index is 2.36. The number of hydrogen-bond acceptors (Lipinski definition) is 4. The van der Waals surface area contributed by atoms with Gasteiger partial charge in [0.2, 0.25) is 5.91 Å². The van der Waals surface area contributed by atoms with Gasteiger partial charge in [0.1, 0.15) is 6.54 Å². The number of rotatable bonds is 9. The van der Waals surface area contributed by atoms with Gasteiger partial charge in [-0.25, -0.2) is 4.99 Å². The highest BCUT2D eigenvalue weighted by molar-refractivity contribution is 5.84. The van der Waals surface area contributed by atoms with Crippen molar-refractivity contribution in [3.8, 4) is 0 Å². The molecule has 0 aromatic heterocycles. The molecule has 1 heterocycles. The lowest BCUT2D eigenvalue weighted by Gasteiger charge is -2.15. The first-order valence-electron chi connectivity index (χ1n) is 8.01. The number of hydrogen-bond donors (Lipinski definition) is 2. The second-order valence-electron chi connectivity index (χ2n) is 5.54. The summed E-state index contributed by atoms with van der Waals surface area (Å²) < 4.78 is 10.7. The molecule has 0 bridgehead atoms. The quantitative estimate of drug-likeness (QED) is 0.358. The lowest BCUT2D eigenvalue weighted by atomic mass is 10.1. The van der Waals surface area contributed by atoms with Crippen LogP contribution in [0.25, 0.3) is 0 Å². The fourth-order valence-electron chi connectivity index (χ4n) is 1.97. The molecule has 0 aromatic carbocycles. The zero-order chi connectivity index (χ0) is 16.2. The van der Waals surface area contributed by atoms with Crippen LogP contribution in [0.1, 0.15) is 19.8 Å². The van der Waals surface area contributed by atoms with E-state index in [-0.39, 0.29) is 12.5 Å². The second-order valence-corrected chi connectivity index (χ2v) is 5.54. The average molecular weight is 314 g/mol. The molecule has 22 heavy (non-hydrogen) atoms. The van der Waals surface area contributed by atoms with Crippen molar-refractivity contribution in [2.75, 3.05) is 60.2 Å². The van der Waals surface area contributed by atoms with Crippen LogP contribution in [-0.4, -0.2) is 76.9 Å². The van der Waals surface area contributed by atoms with E-state index in [1.165, 1.54) is 0 Å². The van der Waals surface area contributed by atoms with Crippen LogP contribution in [0.2, 0.25) is 0 Å². The molecule has 0 spiro atoms. The van der Waals surface area contributed by atoms with Gasteiger partial charge in [0.15, 0.2) is 5.96 Å². The molecule has 7 nitrogen and oxygen atoms in total. The number of nitrogens with one attached hydrogen (secondary N) is 2. The van der Waals surface area contributed by atoms with Crippen molar-refractivity contribution in [2.45, 2.75) is 19.8 Å². The third-order valence-electron chi connectivity index (χ3n) is 3.42. The van der Waals surface area contributed by atoms with E-state index in [0.717, 1.165) is 52.4 Å². The molecule has 1 aliphatic heterocycles. The van der Waals surface area contributed by atoms with E-state index < -0.39 is 0 Å². The highest BCUT2D eigenvalue weighted by atomic mass is 16.5. The van der Waals surface area contributed by atoms with E-state index in [0.29, 0.717) is 11.9 Å². The molecule has 1 rings (SSSR count). The van der Waals surface area contributed by atoms with Crippen molar-refractivity contribution >= 4 is 11.9 Å². The predicted molar refractivity (Wildman–Crippen MR) is 87.0 cm³/mol. The van der Waals surface area contributed by atoms with Crippen LogP contribution in [0.4, 0.5) is 0 Å². The maximum atomic E-state index is 11.6. The molecule has 7 heteroatoms. The van der Waals surface area contributed by atoms with Crippen LogP contribution >= 0.6 is 0 Å². The molecule has 1 saturated heterocycles. The summed E-state index contributed by atoms with van der Waals surface area (Å²) in [4.78, 5) is 17.5. The Morgan fingerprint density at radius 2 is 2.23 bits per heavy atom. The standard InChI is InChI=1S/C15H30N4O3/c1-4-21-8-5-7-16-15(18-11-14(20)19(2)3)17-10-13-6-9-22-12-13/h13H,4-12H2,1-3H3,(H2,16,17,18). The molecule has 0 saturated carbocycles. The SMILES string of the molecule is CCOCCCNC(=NCC(=O)N(C)C)NCC1CCOC1. The fraction of sp³-hybridized carbons (Fsp3) is 0.867. The summed E-state index contributed by atoms with van der Waals surface area (Å²) in [6.07, 6.45) is 1.98. The van der Waals surface area contributed by atoms with Crippen LogP contribution in [0.15, 0.2) is 4.99 Å². The van der Waals surface area contributed by atoms with Crippen molar-refractivity contribution in [2.24, 2.45) is 10.9 Å². The minimum atomic E-state index is -0.0142. The third kappa shape index (κ3) is 8.19. The van der Waals surface area contributed by atoms with Gasteiger partial charge < -0.3 is 25.0 Å². The Hall–Kier alpha value is -1.34. The van der Waals surface area contributed by atoms with Crippen LogP contribution < -0.4 is 10.6 Å². The number of carbonyl (C=O) groups excluding carboxylic acids is 1. The molecule has 2 N–H and O–H groups in total. The molecule has 1 atom stereocenters. The molecular weight excluding hydrogens is 284 g/mol. The first kappa shape index (κ1) is 18.7. The Morgan fingerprint density at radius 1 is 1.41 bits per heavy atom. The Morgan fingerprint density at radius 3 is 2.86 bits per heavy atom. The van der Waals surface area contributed by atoms with Gasteiger partial charge in [0.25, 0.3) is 0 Å². The van der Waals surface area contributed by atoms with Crippen LogP contribution in [-0.2, 0) is 14.3 Å². The van der Waals surface area contributed by atoms with Crippen molar-refractivity contribution in [1.29, 1.82) is 0 Å². The number of amides is 1. The summed E-state index contributed by atoms with van der Waals surface area (Å²) in [6.45, 7) is 6.80. The highest BCUT2D eigenvalue weighted by Crippen LogP contribution is 2.10. The summed E-state index contributed by atoms with van der Waals surface area (Å²) in [5, 5.41) is 6.54.